The lowest BCUT2D eigenvalue weighted by atomic mass is 9.72. The molecule has 8 atom stereocenters. The zero-order chi connectivity index (χ0) is 63.6. The van der Waals surface area contributed by atoms with Crippen LogP contribution in [0.25, 0.3) is 11.1 Å². The minimum atomic E-state index is -1.31. The Labute approximate surface area is 504 Å². The number of benzene rings is 2. The average Bonchev–Trinajstić information content (AvgIpc) is 2.20. The van der Waals surface area contributed by atoms with Gasteiger partial charge in [0, 0.05) is 68.1 Å². The van der Waals surface area contributed by atoms with Gasteiger partial charge in [0.05, 0.1) is 23.9 Å². The summed E-state index contributed by atoms with van der Waals surface area (Å²) in [7, 11) is 0. The summed E-state index contributed by atoms with van der Waals surface area (Å²) in [6, 6.07) is 8.50. The summed E-state index contributed by atoms with van der Waals surface area (Å²) < 4.78 is 31.6. The number of carbonyl (C=O) groups excluding carboxylic acids is 8. The number of aliphatic carboxylic acids is 1. The summed E-state index contributed by atoms with van der Waals surface area (Å²) in [5.74, 6) is -7.34. The fourth-order valence-electron chi connectivity index (χ4n) is 11.7. The smallest absolute Gasteiger partial charge is 0.326 e. The van der Waals surface area contributed by atoms with Crippen molar-refractivity contribution in [2.45, 2.75) is 195 Å². The largest absolute Gasteiger partial charge is 0.480 e. The Morgan fingerprint density at radius 1 is 0.826 bits per heavy atom. The van der Waals surface area contributed by atoms with E-state index in [2.05, 4.69) is 26.6 Å². The van der Waals surface area contributed by atoms with Crippen LogP contribution < -0.4 is 32.3 Å². The number of halogens is 2. The summed E-state index contributed by atoms with van der Waals surface area (Å²) in [4.78, 5) is 121. The lowest BCUT2D eigenvalue weighted by molar-refractivity contribution is -0.142. The van der Waals surface area contributed by atoms with Gasteiger partial charge in [0.15, 0.2) is 0 Å². The minimum Gasteiger partial charge on any atom is -0.480 e. The molecule has 1 aliphatic heterocycles. The number of unbranched alkanes of at least 4 members (excludes halogenated alkanes) is 3. The number of likely N-dealkylation sites (tertiary alicyclic amines) is 1. The molecule has 474 valence electrons. The van der Waals surface area contributed by atoms with Gasteiger partial charge in [-0.25, -0.2) is 13.6 Å². The average molecular weight is 1200 g/mol. The van der Waals surface area contributed by atoms with Crippen molar-refractivity contribution < 1.29 is 62.1 Å². The SMILES string of the molecule is CCC(C)(CC)C1CC(=O)N(CCCCCC(=O)N[C@H](C(=O)N[C@@H](C)C(=O)N[C@@H](CCCCNC(=O)[C@@H]2CCC[C@@H]2NC(=O)[C@@H](N)CCN(C(=O)CO)[C@@H](c2cc(-c3cc(F)ccc3F)cn2Cc2ccccc2)C(C)(C)C)C(=O)O)C(C)C)C1=O. The molecule has 1 saturated heterocycles. The first kappa shape index (κ1) is 69.7. The van der Waals surface area contributed by atoms with E-state index in [0.717, 1.165) is 36.6 Å². The first-order valence-corrected chi connectivity index (χ1v) is 30.5. The molecule has 86 heavy (non-hydrogen) atoms. The van der Waals surface area contributed by atoms with E-state index in [9.17, 15) is 57.8 Å². The maximum atomic E-state index is 15.2. The number of nitrogens with zero attached hydrogens (tertiary/aromatic N) is 3. The number of aliphatic hydroxyl groups excluding tert-OH is 1. The van der Waals surface area contributed by atoms with E-state index in [-0.39, 0.29) is 91.8 Å². The number of imide groups is 1. The van der Waals surface area contributed by atoms with Crippen molar-refractivity contribution in [3.8, 4) is 11.1 Å². The molecule has 0 spiro atoms. The predicted molar refractivity (Wildman–Crippen MR) is 321 cm³/mol. The normalized spacial score (nSPS) is 18.0. The highest BCUT2D eigenvalue weighted by Crippen LogP contribution is 2.43. The highest BCUT2D eigenvalue weighted by atomic mass is 19.1. The molecule has 3 aromatic rings. The molecular weight excluding hydrogens is 1110 g/mol. The molecule has 2 aromatic carbocycles. The van der Waals surface area contributed by atoms with E-state index in [0.29, 0.717) is 69.2 Å². The van der Waals surface area contributed by atoms with Crippen molar-refractivity contribution in [3.05, 3.63) is 83.7 Å². The number of carboxylic acid groups (broad SMARTS) is 1. The Hall–Kier alpha value is -7.07. The standard InChI is InChI=1S/C64H93F2N9O11/c1-10-64(9,11-2)46-35-53(78)75(61(46)84)31-19-13-16-26-52(77)72-55(39(3)4)60(83)69-40(5)57(80)71-50(62(85)86)24-17-18-30-68-58(81)44-23-20-25-49(44)70-59(82)48(67)29-32-74(54(79)38-76)56(63(6,7)8)51-33-42(45-34-43(65)27-28-47(45)66)37-73(51)36-41-21-14-12-15-22-41/h12,14-15,21-22,27-28,33-34,37,39-40,44,46,48-50,55-56,76H,10-11,13,16-20,23-26,29-32,35-36,38,67H2,1-9H3,(H,68,81)(H,69,83)(H,70,82)(H,71,80)(H,72,77)(H,85,86)/t40-,44+,46?,48-,49-,50-,55-,56-/m0/s1. The fraction of sp³-hybridized carbons (Fsp3) is 0.609. The van der Waals surface area contributed by atoms with Crippen LogP contribution in [0, 0.1) is 40.2 Å². The van der Waals surface area contributed by atoms with Gasteiger partial charge in [0.2, 0.25) is 47.3 Å². The van der Waals surface area contributed by atoms with Crippen LogP contribution in [0.3, 0.4) is 0 Å². The van der Waals surface area contributed by atoms with Crippen LogP contribution in [0.4, 0.5) is 8.78 Å². The molecule has 2 fully saturated rings. The van der Waals surface area contributed by atoms with Gasteiger partial charge in [-0.05, 0) is 118 Å². The molecule has 1 aliphatic carbocycles. The lowest BCUT2D eigenvalue weighted by Gasteiger charge is -2.41. The van der Waals surface area contributed by atoms with E-state index >= 15 is 4.39 Å². The molecule has 1 saturated carbocycles. The summed E-state index contributed by atoms with van der Waals surface area (Å²) in [6.45, 7) is 16.6. The fourth-order valence-corrected chi connectivity index (χ4v) is 11.7. The number of carbonyl (C=O) groups is 9. The second-order valence-corrected chi connectivity index (χ2v) is 25.0. The summed E-state index contributed by atoms with van der Waals surface area (Å²) >= 11 is 0. The van der Waals surface area contributed by atoms with Crippen LogP contribution in [0.2, 0.25) is 0 Å². The number of hydrogen-bond donors (Lipinski definition) is 8. The lowest BCUT2D eigenvalue weighted by Crippen LogP contribution is -2.56. The number of carboxylic acids is 1. The molecule has 0 bridgehead atoms. The molecule has 5 rings (SSSR count). The molecule has 0 radical (unpaired) electrons. The van der Waals surface area contributed by atoms with Crippen LogP contribution in [0.15, 0.2) is 60.8 Å². The van der Waals surface area contributed by atoms with Gasteiger partial charge in [0.25, 0.3) is 0 Å². The van der Waals surface area contributed by atoms with Crippen LogP contribution in [-0.4, -0.2) is 134 Å². The monoisotopic (exact) mass is 1200 g/mol. The molecule has 2 heterocycles. The van der Waals surface area contributed by atoms with Crippen molar-refractivity contribution in [3.63, 3.8) is 0 Å². The molecule has 2 aliphatic rings. The Morgan fingerprint density at radius 2 is 1.52 bits per heavy atom. The topological polar surface area (TPSA) is 292 Å². The molecule has 9 N–H and O–H groups in total. The van der Waals surface area contributed by atoms with Crippen molar-refractivity contribution in [2.75, 3.05) is 26.2 Å². The maximum absolute atomic E-state index is 15.2. The molecular formula is C64H93F2N9O11. The van der Waals surface area contributed by atoms with E-state index in [1.165, 1.54) is 16.7 Å². The van der Waals surface area contributed by atoms with Gasteiger partial charge in [-0.3, -0.25) is 43.3 Å². The van der Waals surface area contributed by atoms with E-state index < -0.39 is 95.4 Å². The van der Waals surface area contributed by atoms with Crippen molar-refractivity contribution in [2.24, 2.45) is 34.3 Å². The Morgan fingerprint density at radius 3 is 2.16 bits per heavy atom. The number of hydrogen-bond acceptors (Lipinski definition) is 11. The second kappa shape index (κ2) is 32.1. The third-order valence-electron chi connectivity index (χ3n) is 17.3. The maximum Gasteiger partial charge on any atom is 0.326 e. The molecule has 22 heteroatoms. The second-order valence-electron chi connectivity index (χ2n) is 25.0. The van der Waals surface area contributed by atoms with Crippen LogP contribution in [0.1, 0.15) is 170 Å². The molecule has 20 nitrogen and oxygen atoms in total. The number of nitrogens with two attached hydrogens (primary N) is 1. The Bertz CT molecular complexity index is 2840. The Kier molecular flexibility index (Phi) is 26.0. The molecule has 1 unspecified atom stereocenters. The first-order chi connectivity index (χ1) is 40.6. The van der Waals surface area contributed by atoms with Gasteiger partial charge in [-0.2, -0.15) is 0 Å². The van der Waals surface area contributed by atoms with Gasteiger partial charge in [-0.15, -0.1) is 0 Å². The highest BCUT2D eigenvalue weighted by molar-refractivity contribution is 6.04. The van der Waals surface area contributed by atoms with E-state index in [4.69, 9.17) is 5.73 Å². The summed E-state index contributed by atoms with van der Waals surface area (Å²) in [5, 5.41) is 33.9. The van der Waals surface area contributed by atoms with Crippen molar-refractivity contribution in [1.82, 2.24) is 41.0 Å². The van der Waals surface area contributed by atoms with E-state index in [1.54, 1.807) is 26.1 Å². The highest BCUT2D eigenvalue weighted by Gasteiger charge is 2.47. The van der Waals surface area contributed by atoms with Crippen molar-refractivity contribution >= 4 is 53.2 Å². The van der Waals surface area contributed by atoms with Crippen molar-refractivity contribution in [1.29, 1.82) is 0 Å². The predicted octanol–water partition coefficient (Wildman–Crippen LogP) is 6.66. The summed E-state index contributed by atoms with van der Waals surface area (Å²) in [5.41, 5.74) is 7.47. The number of aromatic nitrogens is 1. The number of aliphatic hydroxyl groups is 1. The number of rotatable bonds is 33. The van der Waals surface area contributed by atoms with Crippen LogP contribution in [0.5, 0.6) is 0 Å². The third kappa shape index (κ3) is 19.0. The van der Waals surface area contributed by atoms with Gasteiger partial charge in [0.1, 0.15) is 36.4 Å². The molecule has 1 aromatic heterocycles. The van der Waals surface area contributed by atoms with Crippen LogP contribution in [-0.2, 0) is 49.7 Å². The summed E-state index contributed by atoms with van der Waals surface area (Å²) in [6.07, 6.45) is 7.47. The van der Waals surface area contributed by atoms with Gasteiger partial charge >= 0.3 is 5.97 Å². The van der Waals surface area contributed by atoms with E-state index in [1.807, 2.05) is 76.4 Å². The molecule has 8 amide bonds. The zero-order valence-electron chi connectivity index (χ0n) is 51.6. The zero-order valence-corrected chi connectivity index (χ0v) is 51.6. The van der Waals surface area contributed by atoms with Gasteiger partial charge in [-0.1, -0.05) is 98.6 Å². The van der Waals surface area contributed by atoms with Crippen LogP contribution >= 0.6 is 0 Å². The van der Waals surface area contributed by atoms with Gasteiger partial charge < -0.3 is 52.0 Å². The minimum absolute atomic E-state index is 0.0127. The number of nitrogens with one attached hydrogen (secondary N) is 5. The third-order valence-corrected chi connectivity index (χ3v) is 17.3. The quantitative estimate of drug-likeness (QED) is 0.0235. The first-order valence-electron chi connectivity index (χ1n) is 30.5. The number of amides is 8. The Balaban J connectivity index is 1.07.